The summed E-state index contributed by atoms with van der Waals surface area (Å²) < 4.78 is 0. The van der Waals surface area contributed by atoms with Crippen LogP contribution in [-0.2, 0) is 15.3 Å². The molecule has 7 heteroatoms. The summed E-state index contributed by atoms with van der Waals surface area (Å²) in [6, 6.07) is 8.42. The molecule has 2 rings (SSSR count). The van der Waals surface area contributed by atoms with Gasteiger partial charge in [0.1, 0.15) is 12.1 Å². The van der Waals surface area contributed by atoms with E-state index in [1.54, 1.807) is 6.92 Å². The second kappa shape index (κ2) is 8.73. The fourth-order valence-corrected chi connectivity index (χ4v) is 3.36. The first kappa shape index (κ1) is 18.3. The van der Waals surface area contributed by atoms with Crippen LogP contribution in [0, 0.1) is 0 Å². The molecule has 1 aromatic rings. The normalized spacial score (nSPS) is 19.5. The number of carbonyl (C=O) groups excluding carboxylic acids is 3. The molecule has 1 aromatic carbocycles. The lowest BCUT2D eigenvalue weighted by molar-refractivity contribution is -0.139. The summed E-state index contributed by atoms with van der Waals surface area (Å²) in [5.41, 5.74) is 6.36. The van der Waals surface area contributed by atoms with Crippen molar-refractivity contribution in [3.05, 3.63) is 35.9 Å². The first-order valence-electron chi connectivity index (χ1n) is 8.06. The Bertz CT molecular complexity index is 594. The van der Waals surface area contributed by atoms with Gasteiger partial charge in [0, 0.05) is 12.3 Å². The zero-order chi connectivity index (χ0) is 17.5. The van der Waals surface area contributed by atoms with Crippen LogP contribution in [0.5, 0.6) is 0 Å². The molecule has 0 radical (unpaired) electrons. The van der Waals surface area contributed by atoms with Crippen molar-refractivity contribution in [2.75, 3.05) is 6.54 Å². The molecule has 1 aliphatic heterocycles. The smallest absolute Gasteiger partial charge is 0.280 e. The van der Waals surface area contributed by atoms with E-state index in [0.29, 0.717) is 18.7 Å². The number of thioether (sulfide) groups is 1. The van der Waals surface area contributed by atoms with E-state index in [9.17, 15) is 14.4 Å². The maximum absolute atomic E-state index is 12.6. The summed E-state index contributed by atoms with van der Waals surface area (Å²) in [6.07, 6.45) is 2.20. The SMILES string of the molecule is C[C@@H](C(N)=O)N1CCCC[C@H](NC(=O)SCc2ccccc2)C1=O. The van der Waals surface area contributed by atoms with Crippen molar-refractivity contribution >= 4 is 28.8 Å². The fourth-order valence-electron chi connectivity index (χ4n) is 2.64. The van der Waals surface area contributed by atoms with E-state index in [4.69, 9.17) is 5.73 Å². The Kier molecular flexibility index (Phi) is 6.66. The van der Waals surface area contributed by atoms with Crippen molar-refractivity contribution in [3.63, 3.8) is 0 Å². The Morgan fingerprint density at radius 3 is 2.71 bits per heavy atom. The zero-order valence-electron chi connectivity index (χ0n) is 13.7. The number of nitrogens with one attached hydrogen (secondary N) is 1. The topological polar surface area (TPSA) is 92.5 Å². The largest absolute Gasteiger partial charge is 0.368 e. The van der Waals surface area contributed by atoms with Gasteiger partial charge in [-0.1, -0.05) is 42.1 Å². The van der Waals surface area contributed by atoms with E-state index < -0.39 is 18.0 Å². The summed E-state index contributed by atoms with van der Waals surface area (Å²) in [5, 5.41) is 2.55. The maximum atomic E-state index is 12.6. The fraction of sp³-hybridized carbons (Fsp3) is 0.471. The highest BCUT2D eigenvalue weighted by molar-refractivity contribution is 8.12. The average molecular weight is 349 g/mol. The van der Waals surface area contributed by atoms with Crippen LogP contribution in [0.15, 0.2) is 30.3 Å². The number of rotatable bonds is 5. The molecule has 0 spiro atoms. The van der Waals surface area contributed by atoms with Gasteiger partial charge in [-0.3, -0.25) is 14.4 Å². The lowest BCUT2D eigenvalue weighted by Crippen LogP contribution is -2.52. The molecular formula is C17H23N3O3S. The Morgan fingerprint density at radius 2 is 2.04 bits per heavy atom. The zero-order valence-corrected chi connectivity index (χ0v) is 14.6. The molecule has 3 N–H and O–H groups in total. The van der Waals surface area contributed by atoms with Crippen molar-refractivity contribution in [1.29, 1.82) is 0 Å². The van der Waals surface area contributed by atoms with E-state index in [1.165, 1.54) is 4.90 Å². The second-order valence-electron chi connectivity index (χ2n) is 5.86. The molecule has 1 aliphatic rings. The Balaban J connectivity index is 1.92. The number of hydrogen-bond donors (Lipinski definition) is 2. The number of likely N-dealkylation sites (tertiary alicyclic amines) is 1. The summed E-state index contributed by atoms with van der Waals surface area (Å²) in [7, 11) is 0. The van der Waals surface area contributed by atoms with Crippen LogP contribution in [0.4, 0.5) is 4.79 Å². The molecule has 1 fully saturated rings. The monoisotopic (exact) mass is 349 g/mol. The number of nitrogens with zero attached hydrogens (tertiary/aromatic N) is 1. The number of amides is 3. The lowest BCUT2D eigenvalue weighted by Gasteiger charge is -2.28. The standard InChI is InChI=1S/C17H23N3O3S/c1-12(15(18)21)20-10-6-5-9-14(16(20)22)19-17(23)24-11-13-7-3-2-4-8-13/h2-4,7-8,12,14H,5-6,9-11H2,1H3,(H2,18,21)(H,19,23)/t12-,14-/m0/s1. The average Bonchev–Trinajstić information content (AvgIpc) is 2.75. The molecule has 130 valence electrons. The number of benzene rings is 1. The van der Waals surface area contributed by atoms with Gasteiger partial charge in [0.05, 0.1) is 0 Å². The van der Waals surface area contributed by atoms with Crippen LogP contribution >= 0.6 is 11.8 Å². The predicted molar refractivity (Wildman–Crippen MR) is 94.3 cm³/mol. The van der Waals surface area contributed by atoms with Gasteiger partial charge in [0.25, 0.3) is 5.24 Å². The van der Waals surface area contributed by atoms with E-state index in [0.717, 1.165) is 30.2 Å². The maximum Gasteiger partial charge on any atom is 0.280 e. The van der Waals surface area contributed by atoms with Gasteiger partial charge in [-0.25, -0.2) is 0 Å². The van der Waals surface area contributed by atoms with E-state index in [2.05, 4.69) is 5.32 Å². The minimum Gasteiger partial charge on any atom is -0.368 e. The van der Waals surface area contributed by atoms with E-state index >= 15 is 0 Å². The van der Waals surface area contributed by atoms with Gasteiger partial charge >= 0.3 is 0 Å². The number of primary amides is 1. The minimum atomic E-state index is -0.660. The van der Waals surface area contributed by atoms with Crippen LogP contribution in [-0.4, -0.2) is 40.6 Å². The first-order valence-corrected chi connectivity index (χ1v) is 9.04. The van der Waals surface area contributed by atoms with E-state index in [1.807, 2.05) is 30.3 Å². The molecule has 3 amide bonds. The highest BCUT2D eigenvalue weighted by Gasteiger charge is 2.32. The third kappa shape index (κ3) is 4.99. The molecule has 0 bridgehead atoms. The lowest BCUT2D eigenvalue weighted by atomic mass is 10.1. The molecular weight excluding hydrogens is 326 g/mol. The van der Waals surface area contributed by atoms with Crippen molar-refractivity contribution in [2.24, 2.45) is 5.73 Å². The predicted octanol–water partition coefficient (Wildman–Crippen LogP) is 1.88. The van der Waals surface area contributed by atoms with Gasteiger partial charge in [-0.05, 0) is 31.7 Å². The molecule has 0 saturated carbocycles. The Labute approximate surface area is 146 Å². The molecule has 24 heavy (non-hydrogen) atoms. The number of carbonyl (C=O) groups is 3. The third-order valence-electron chi connectivity index (χ3n) is 4.11. The van der Waals surface area contributed by atoms with E-state index in [-0.39, 0.29) is 11.1 Å². The van der Waals surface area contributed by atoms with Crippen LogP contribution in [0.25, 0.3) is 0 Å². The molecule has 1 saturated heterocycles. The van der Waals surface area contributed by atoms with Gasteiger partial charge in [0.15, 0.2) is 0 Å². The molecule has 6 nitrogen and oxygen atoms in total. The second-order valence-corrected chi connectivity index (χ2v) is 6.81. The third-order valence-corrected chi connectivity index (χ3v) is 4.96. The number of nitrogens with two attached hydrogens (primary N) is 1. The van der Waals surface area contributed by atoms with Gasteiger partial charge in [-0.15, -0.1) is 0 Å². The summed E-state index contributed by atoms with van der Waals surface area (Å²) in [4.78, 5) is 37.6. The van der Waals surface area contributed by atoms with Crippen molar-refractivity contribution in [2.45, 2.75) is 44.0 Å². The highest BCUT2D eigenvalue weighted by Crippen LogP contribution is 2.17. The van der Waals surface area contributed by atoms with Crippen LogP contribution in [0.3, 0.4) is 0 Å². The molecule has 2 atom stereocenters. The molecule has 0 aliphatic carbocycles. The summed E-state index contributed by atoms with van der Waals surface area (Å²) >= 11 is 1.14. The van der Waals surface area contributed by atoms with Gasteiger partial charge in [-0.2, -0.15) is 0 Å². The van der Waals surface area contributed by atoms with Crippen LogP contribution in [0.1, 0.15) is 31.7 Å². The van der Waals surface area contributed by atoms with Gasteiger partial charge < -0.3 is 16.0 Å². The van der Waals surface area contributed by atoms with Crippen LogP contribution in [0.2, 0.25) is 0 Å². The van der Waals surface area contributed by atoms with Crippen molar-refractivity contribution in [3.8, 4) is 0 Å². The molecule has 0 aromatic heterocycles. The Morgan fingerprint density at radius 1 is 1.33 bits per heavy atom. The van der Waals surface area contributed by atoms with Gasteiger partial charge in [0.2, 0.25) is 11.8 Å². The van der Waals surface area contributed by atoms with Crippen LogP contribution < -0.4 is 11.1 Å². The molecule has 0 unspecified atom stereocenters. The number of hydrogen-bond acceptors (Lipinski definition) is 4. The minimum absolute atomic E-state index is 0.229. The summed E-state index contributed by atoms with van der Waals surface area (Å²) in [6.45, 7) is 2.11. The van der Waals surface area contributed by atoms with Crippen molar-refractivity contribution < 1.29 is 14.4 Å². The quantitative estimate of drug-likeness (QED) is 0.849. The summed E-state index contributed by atoms with van der Waals surface area (Å²) in [5.74, 6) is -0.212. The Hall–Kier alpha value is -2.02. The van der Waals surface area contributed by atoms with Crippen molar-refractivity contribution in [1.82, 2.24) is 10.2 Å². The highest BCUT2D eigenvalue weighted by atomic mass is 32.2. The first-order chi connectivity index (χ1) is 11.5. The molecule has 1 heterocycles.